The molecule has 0 atom stereocenters. The molecule has 0 aliphatic rings. The van der Waals surface area contributed by atoms with Gasteiger partial charge >= 0.3 is 6.43 Å². The Morgan fingerprint density at radius 2 is 2.24 bits per heavy atom. The van der Waals surface area contributed by atoms with Crippen molar-refractivity contribution in [3.05, 3.63) is 37.1 Å². The summed E-state index contributed by atoms with van der Waals surface area (Å²) in [5.74, 6) is -0.764. The van der Waals surface area contributed by atoms with Gasteiger partial charge in [-0.1, -0.05) is 0 Å². The maximum Gasteiger partial charge on any atom is 0.315 e. The molecule has 0 unspecified atom stereocenters. The maximum atomic E-state index is 12.0. The summed E-state index contributed by atoms with van der Waals surface area (Å²) in [7, 11) is 0. The molecule has 0 saturated carbocycles. The van der Waals surface area contributed by atoms with Crippen molar-refractivity contribution < 1.29 is 13.6 Å². The highest BCUT2D eigenvalue weighted by Crippen LogP contribution is 2.10. The van der Waals surface area contributed by atoms with Crippen LogP contribution in [0.4, 0.5) is 14.5 Å². The SMILES string of the molecule is O=C(Nc1ccc(-n2ccnc2)nc1)C(F)F. The second kappa shape index (κ2) is 4.69. The molecule has 2 aromatic rings. The van der Waals surface area contributed by atoms with Crippen molar-refractivity contribution in [2.24, 2.45) is 0 Å². The van der Waals surface area contributed by atoms with Crippen molar-refractivity contribution in [3.8, 4) is 5.82 Å². The predicted molar refractivity (Wildman–Crippen MR) is 56.0 cm³/mol. The number of alkyl halides is 2. The summed E-state index contributed by atoms with van der Waals surface area (Å²) in [4.78, 5) is 18.6. The number of amides is 1. The molecule has 0 aliphatic heterocycles. The third-order valence-corrected chi connectivity index (χ3v) is 1.98. The monoisotopic (exact) mass is 238 g/mol. The van der Waals surface area contributed by atoms with E-state index >= 15 is 0 Å². The van der Waals surface area contributed by atoms with Crippen LogP contribution in [0.3, 0.4) is 0 Å². The molecule has 0 saturated heterocycles. The van der Waals surface area contributed by atoms with Gasteiger partial charge < -0.3 is 5.32 Å². The summed E-state index contributed by atoms with van der Waals surface area (Å²) in [6.45, 7) is 0. The number of imidazole rings is 1. The second-order valence-corrected chi connectivity index (χ2v) is 3.16. The first-order valence-electron chi connectivity index (χ1n) is 4.70. The normalized spacial score (nSPS) is 10.5. The van der Waals surface area contributed by atoms with Crippen LogP contribution in [0.25, 0.3) is 5.82 Å². The zero-order valence-electron chi connectivity index (χ0n) is 8.55. The first kappa shape index (κ1) is 11.2. The summed E-state index contributed by atoms with van der Waals surface area (Å²) in [5, 5.41) is 2.04. The Morgan fingerprint density at radius 1 is 1.41 bits per heavy atom. The number of pyridine rings is 1. The van der Waals surface area contributed by atoms with Gasteiger partial charge in [-0.15, -0.1) is 0 Å². The number of hydrogen-bond acceptors (Lipinski definition) is 3. The van der Waals surface area contributed by atoms with E-state index in [0.717, 1.165) is 0 Å². The molecule has 0 aliphatic carbocycles. The molecule has 5 nitrogen and oxygen atoms in total. The third-order valence-electron chi connectivity index (χ3n) is 1.98. The van der Waals surface area contributed by atoms with Crippen molar-refractivity contribution in [2.45, 2.75) is 6.43 Å². The zero-order valence-corrected chi connectivity index (χ0v) is 8.55. The molecule has 0 fully saturated rings. The minimum atomic E-state index is -3.04. The lowest BCUT2D eigenvalue weighted by atomic mass is 10.4. The second-order valence-electron chi connectivity index (χ2n) is 3.16. The zero-order chi connectivity index (χ0) is 12.3. The number of nitrogens with one attached hydrogen (secondary N) is 1. The molecule has 0 spiro atoms. The van der Waals surface area contributed by atoms with Crippen molar-refractivity contribution in [1.82, 2.24) is 14.5 Å². The van der Waals surface area contributed by atoms with E-state index in [-0.39, 0.29) is 5.69 Å². The molecule has 17 heavy (non-hydrogen) atoms. The molecule has 0 aromatic carbocycles. The predicted octanol–water partition coefficient (Wildman–Crippen LogP) is 1.47. The van der Waals surface area contributed by atoms with Gasteiger partial charge in [0.25, 0.3) is 5.91 Å². The van der Waals surface area contributed by atoms with E-state index in [1.165, 1.54) is 12.3 Å². The molecule has 2 heterocycles. The van der Waals surface area contributed by atoms with E-state index in [4.69, 9.17) is 0 Å². The van der Waals surface area contributed by atoms with Gasteiger partial charge in [-0.05, 0) is 12.1 Å². The van der Waals surface area contributed by atoms with Gasteiger partial charge in [-0.25, -0.2) is 9.97 Å². The highest BCUT2D eigenvalue weighted by atomic mass is 19.3. The van der Waals surface area contributed by atoms with E-state index in [1.54, 1.807) is 29.4 Å². The van der Waals surface area contributed by atoms with E-state index < -0.39 is 12.3 Å². The Morgan fingerprint density at radius 3 is 2.76 bits per heavy atom. The van der Waals surface area contributed by atoms with Gasteiger partial charge in [0.05, 0.1) is 11.9 Å². The van der Waals surface area contributed by atoms with Gasteiger partial charge in [0.2, 0.25) is 0 Å². The summed E-state index contributed by atoms with van der Waals surface area (Å²) < 4.78 is 25.6. The summed E-state index contributed by atoms with van der Waals surface area (Å²) in [5.41, 5.74) is 0.221. The first-order valence-corrected chi connectivity index (χ1v) is 4.70. The van der Waals surface area contributed by atoms with Crippen LogP contribution in [0, 0.1) is 0 Å². The van der Waals surface area contributed by atoms with Crippen LogP contribution in [0.15, 0.2) is 37.1 Å². The maximum absolute atomic E-state index is 12.0. The number of halogens is 2. The summed E-state index contributed by atoms with van der Waals surface area (Å²) in [6.07, 6.45) is 3.10. The molecule has 2 rings (SSSR count). The lowest BCUT2D eigenvalue weighted by molar-refractivity contribution is -0.126. The summed E-state index contributed by atoms with van der Waals surface area (Å²) >= 11 is 0. The molecule has 2 aromatic heterocycles. The number of rotatable bonds is 3. The fraction of sp³-hybridized carbons (Fsp3) is 0.100. The summed E-state index contributed by atoms with van der Waals surface area (Å²) in [6, 6.07) is 3.07. The number of hydrogen-bond donors (Lipinski definition) is 1. The molecular weight excluding hydrogens is 230 g/mol. The standard InChI is InChI=1S/C10H8F2N4O/c11-9(12)10(17)15-7-1-2-8(14-5-7)16-4-3-13-6-16/h1-6,9H,(H,15,17). The highest BCUT2D eigenvalue weighted by molar-refractivity contribution is 5.92. The van der Waals surface area contributed by atoms with Gasteiger partial charge in [0.1, 0.15) is 12.1 Å². The van der Waals surface area contributed by atoms with Gasteiger partial charge in [-0.3, -0.25) is 9.36 Å². The lowest BCUT2D eigenvalue weighted by Gasteiger charge is -2.05. The average Bonchev–Trinajstić information content (AvgIpc) is 2.83. The highest BCUT2D eigenvalue weighted by Gasteiger charge is 2.14. The van der Waals surface area contributed by atoms with E-state index in [9.17, 15) is 13.6 Å². The Labute approximate surface area is 95.1 Å². The average molecular weight is 238 g/mol. The van der Waals surface area contributed by atoms with Gasteiger partial charge in [0.15, 0.2) is 0 Å². The van der Waals surface area contributed by atoms with Crippen LogP contribution < -0.4 is 5.32 Å². The Balaban J connectivity index is 2.11. The molecule has 7 heteroatoms. The largest absolute Gasteiger partial charge is 0.320 e. The number of aromatic nitrogens is 3. The molecule has 1 amide bonds. The van der Waals surface area contributed by atoms with Crippen LogP contribution in [-0.4, -0.2) is 26.9 Å². The van der Waals surface area contributed by atoms with Gasteiger partial charge in [0, 0.05) is 12.4 Å². The number of anilines is 1. The van der Waals surface area contributed by atoms with Crippen LogP contribution in [0.1, 0.15) is 0 Å². The smallest absolute Gasteiger partial charge is 0.315 e. The van der Waals surface area contributed by atoms with Crippen LogP contribution in [0.5, 0.6) is 0 Å². The minimum Gasteiger partial charge on any atom is -0.320 e. The van der Waals surface area contributed by atoms with E-state index in [0.29, 0.717) is 5.82 Å². The van der Waals surface area contributed by atoms with Crippen molar-refractivity contribution in [3.63, 3.8) is 0 Å². The Bertz CT molecular complexity index is 496. The Kier molecular flexibility index (Phi) is 3.08. The molecular formula is C10H8F2N4O. The fourth-order valence-electron chi connectivity index (χ4n) is 1.20. The van der Waals surface area contributed by atoms with Gasteiger partial charge in [-0.2, -0.15) is 8.78 Å². The number of carbonyl (C=O) groups excluding carboxylic acids is 1. The molecule has 0 bridgehead atoms. The first-order chi connectivity index (χ1) is 8.16. The van der Waals surface area contributed by atoms with Crippen LogP contribution in [0.2, 0.25) is 0 Å². The van der Waals surface area contributed by atoms with Crippen molar-refractivity contribution in [2.75, 3.05) is 5.32 Å². The van der Waals surface area contributed by atoms with Crippen molar-refractivity contribution in [1.29, 1.82) is 0 Å². The molecule has 88 valence electrons. The Hall–Kier alpha value is -2.31. The quantitative estimate of drug-likeness (QED) is 0.880. The van der Waals surface area contributed by atoms with Crippen molar-refractivity contribution >= 4 is 11.6 Å². The number of carbonyl (C=O) groups is 1. The topological polar surface area (TPSA) is 59.8 Å². The molecule has 1 N–H and O–H groups in total. The van der Waals surface area contributed by atoms with Crippen LogP contribution in [-0.2, 0) is 4.79 Å². The number of nitrogens with zero attached hydrogens (tertiary/aromatic N) is 3. The van der Waals surface area contributed by atoms with Crippen LogP contribution >= 0.6 is 0 Å². The fourth-order valence-corrected chi connectivity index (χ4v) is 1.20. The third kappa shape index (κ3) is 2.63. The lowest BCUT2D eigenvalue weighted by Crippen LogP contribution is -2.20. The van der Waals surface area contributed by atoms with E-state index in [1.807, 2.05) is 5.32 Å². The minimum absolute atomic E-state index is 0.221. The van der Waals surface area contributed by atoms with E-state index in [2.05, 4.69) is 9.97 Å². The molecule has 0 radical (unpaired) electrons.